The summed E-state index contributed by atoms with van der Waals surface area (Å²) in [7, 11) is 0. The Labute approximate surface area is 76.4 Å². The van der Waals surface area contributed by atoms with Crippen LogP contribution < -0.4 is 11.2 Å². The molecule has 0 aliphatic heterocycles. The number of benzene rings is 1. The number of hydrogen-bond donors (Lipinski definition) is 2. The third-order valence-corrected chi connectivity index (χ3v) is 1.73. The minimum Gasteiger partial charge on any atom is -0.388 e. The second kappa shape index (κ2) is 4.45. The van der Waals surface area contributed by atoms with Gasteiger partial charge in [0.05, 0.1) is 5.69 Å². The first-order valence-electron chi connectivity index (χ1n) is 4.06. The molecule has 0 heterocycles. The SMILES string of the molecule is CCc1c(F)cccc1N/N=C\N. The molecule has 0 atom stereocenters. The zero-order valence-corrected chi connectivity index (χ0v) is 7.42. The van der Waals surface area contributed by atoms with E-state index in [-0.39, 0.29) is 5.82 Å². The van der Waals surface area contributed by atoms with Crippen LogP contribution >= 0.6 is 0 Å². The predicted octanol–water partition coefficient (Wildman–Crippen LogP) is 1.70. The molecule has 0 aliphatic carbocycles. The van der Waals surface area contributed by atoms with Gasteiger partial charge in [0.15, 0.2) is 0 Å². The van der Waals surface area contributed by atoms with Crippen molar-refractivity contribution in [2.45, 2.75) is 13.3 Å². The van der Waals surface area contributed by atoms with Crippen molar-refractivity contribution >= 4 is 12.0 Å². The van der Waals surface area contributed by atoms with Crippen LogP contribution in [0.3, 0.4) is 0 Å². The van der Waals surface area contributed by atoms with Crippen molar-refractivity contribution in [3.8, 4) is 0 Å². The molecule has 0 radical (unpaired) electrons. The highest BCUT2D eigenvalue weighted by Gasteiger charge is 2.04. The molecule has 0 bridgehead atoms. The lowest BCUT2D eigenvalue weighted by atomic mass is 10.1. The number of nitrogens with one attached hydrogen (secondary N) is 1. The van der Waals surface area contributed by atoms with Gasteiger partial charge >= 0.3 is 0 Å². The topological polar surface area (TPSA) is 50.4 Å². The summed E-state index contributed by atoms with van der Waals surface area (Å²) in [6, 6.07) is 4.81. The van der Waals surface area contributed by atoms with Gasteiger partial charge < -0.3 is 5.73 Å². The molecule has 1 rings (SSSR count). The predicted molar refractivity (Wildman–Crippen MR) is 52.1 cm³/mol. The summed E-state index contributed by atoms with van der Waals surface area (Å²) in [5.41, 5.74) is 8.99. The number of rotatable bonds is 3. The van der Waals surface area contributed by atoms with Crippen molar-refractivity contribution < 1.29 is 4.39 Å². The fourth-order valence-electron chi connectivity index (χ4n) is 1.13. The Morgan fingerprint density at radius 2 is 2.38 bits per heavy atom. The van der Waals surface area contributed by atoms with Crippen molar-refractivity contribution in [2.75, 3.05) is 5.43 Å². The van der Waals surface area contributed by atoms with E-state index in [4.69, 9.17) is 5.73 Å². The Kier molecular flexibility index (Phi) is 3.25. The molecule has 0 aromatic heterocycles. The molecule has 0 aliphatic rings. The lowest BCUT2D eigenvalue weighted by Gasteiger charge is -2.06. The van der Waals surface area contributed by atoms with Crippen molar-refractivity contribution in [3.63, 3.8) is 0 Å². The van der Waals surface area contributed by atoms with E-state index < -0.39 is 0 Å². The van der Waals surface area contributed by atoms with E-state index in [2.05, 4.69) is 10.5 Å². The van der Waals surface area contributed by atoms with Crippen LogP contribution in [-0.2, 0) is 6.42 Å². The number of nitrogens with zero attached hydrogens (tertiary/aromatic N) is 1. The van der Waals surface area contributed by atoms with Crippen LogP contribution in [0, 0.1) is 5.82 Å². The van der Waals surface area contributed by atoms with Gasteiger partial charge in [-0.15, -0.1) is 0 Å². The van der Waals surface area contributed by atoms with Gasteiger partial charge in [0.25, 0.3) is 0 Å². The van der Waals surface area contributed by atoms with Crippen molar-refractivity contribution in [1.82, 2.24) is 0 Å². The van der Waals surface area contributed by atoms with E-state index in [0.717, 1.165) is 6.34 Å². The zero-order chi connectivity index (χ0) is 9.68. The Morgan fingerprint density at radius 3 is 3.00 bits per heavy atom. The molecule has 70 valence electrons. The lowest BCUT2D eigenvalue weighted by molar-refractivity contribution is 0.613. The average Bonchev–Trinajstić information content (AvgIpc) is 2.15. The van der Waals surface area contributed by atoms with E-state index in [1.165, 1.54) is 6.07 Å². The van der Waals surface area contributed by atoms with Crippen molar-refractivity contribution in [2.24, 2.45) is 10.8 Å². The van der Waals surface area contributed by atoms with Crippen LogP contribution in [0.2, 0.25) is 0 Å². The Balaban J connectivity index is 2.98. The van der Waals surface area contributed by atoms with Gasteiger partial charge in [0.2, 0.25) is 0 Å². The normalized spacial score (nSPS) is 10.6. The van der Waals surface area contributed by atoms with E-state index in [9.17, 15) is 4.39 Å². The fraction of sp³-hybridized carbons (Fsp3) is 0.222. The summed E-state index contributed by atoms with van der Waals surface area (Å²) in [6.07, 6.45) is 1.75. The largest absolute Gasteiger partial charge is 0.388 e. The summed E-state index contributed by atoms with van der Waals surface area (Å²) in [5.74, 6) is -0.222. The molecule has 1 aromatic rings. The minimum absolute atomic E-state index is 0.222. The van der Waals surface area contributed by atoms with Gasteiger partial charge in [-0.2, -0.15) is 5.10 Å². The second-order valence-electron chi connectivity index (χ2n) is 2.51. The summed E-state index contributed by atoms with van der Waals surface area (Å²) in [4.78, 5) is 0. The number of halogens is 1. The summed E-state index contributed by atoms with van der Waals surface area (Å²) in [6.45, 7) is 1.88. The zero-order valence-electron chi connectivity index (χ0n) is 7.42. The maximum absolute atomic E-state index is 13.2. The highest BCUT2D eigenvalue weighted by molar-refractivity contribution is 5.57. The van der Waals surface area contributed by atoms with Crippen LogP contribution in [0.15, 0.2) is 23.3 Å². The van der Waals surface area contributed by atoms with Crippen LogP contribution in [0.1, 0.15) is 12.5 Å². The smallest absolute Gasteiger partial charge is 0.128 e. The fourth-order valence-corrected chi connectivity index (χ4v) is 1.13. The number of hydrazone groups is 1. The molecule has 13 heavy (non-hydrogen) atoms. The highest BCUT2D eigenvalue weighted by atomic mass is 19.1. The highest BCUT2D eigenvalue weighted by Crippen LogP contribution is 2.18. The lowest BCUT2D eigenvalue weighted by Crippen LogP contribution is -1.99. The van der Waals surface area contributed by atoms with Gasteiger partial charge in [-0.25, -0.2) is 4.39 Å². The Hall–Kier alpha value is -1.58. The van der Waals surface area contributed by atoms with Gasteiger partial charge in [-0.3, -0.25) is 5.43 Å². The number of hydrogen-bond acceptors (Lipinski definition) is 2. The molecule has 4 heteroatoms. The average molecular weight is 181 g/mol. The van der Waals surface area contributed by atoms with Crippen LogP contribution in [0.5, 0.6) is 0 Å². The van der Waals surface area contributed by atoms with Crippen LogP contribution in [-0.4, -0.2) is 6.34 Å². The number of nitrogens with two attached hydrogens (primary N) is 1. The van der Waals surface area contributed by atoms with Gasteiger partial charge in [0.1, 0.15) is 12.2 Å². The molecular weight excluding hydrogens is 169 g/mol. The molecule has 3 N–H and O–H groups in total. The molecule has 0 fully saturated rings. The summed E-state index contributed by atoms with van der Waals surface area (Å²) < 4.78 is 13.2. The van der Waals surface area contributed by atoms with E-state index in [1.807, 2.05) is 6.92 Å². The molecule has 0 saturated carbocycles. The van der Waals surface area contributed by atoms with E-state index >= 15 is 0 Å². The molecule has 3 nitrogen and oxygen atoms in total. The third-order valence-electron chi connectivity index (χ3n) is 1.73. The van der Waals surface area contributed by atoms with E-state index in [1.54, 1.807) is 12.1 Å². The van der Waals surface area contributed by atoms with Crippen LogP contribution in [0.4, 0.5) is 10.1 Å². The first-order valence-corrected chi connectivity index (χ1v) is 4.06. The number of anilines is 1. The third kappa shape index (κ3) is 2.18. The Morgan fingerprint density at radius 1 is 1.62 bits per heavy atom. The van der Waals surface area contributed by atoms with Gasteiger partial charge in [-0.1, -0.05) is 13.0 Å². The summed E-state index contributed by atoms with van der Waals surface area (Å²) in [5, 5.41) is 3.63. The standard InChI is InChI=1S/C9H12FN3/c1-2-7-8(10)4-3-5-9(7)13-12-6-11/h3-6,13H,2H2,1H3,(H2,11,12). The summed E-state index contributed by atoms with van der Waals surface area (Å²) >= 11 is 0. The minimum atomic E-state index is -0.222. The monoisotopic (exact) mass is 181 g/mol. The maximum atomic E-state index is 13.2. The quantitative estimate of drug-likeness (QED) is 0.423. The molecular formula is C9H12FN3. The second-order valence-corrected chi connectivity index (χ2v) is 2.51. The van der Waals surface area contributed by atoms with Crippen molar-refractivity contribution in [1.29, 1.82) is 0 Å². The maximum Gasteiger partial charge on any atom is 0.128 e. The molecule has 0 unspecified atom stereocenters. The molecule has 0 amide bonds. The van der Waals surface area contributed by atoms with Gasteiger partial charge in [-0.05, 0) is 18.6 Å². The molecule has 0 saturated heterocycles. The molecule has 0 spiro atoms. The Bertz CT molecular complexity index is 310. The first-order chi connectivity index (χ1) is 6.29. The van der Waals surface area contributed by atoms with Gasteiger partial charge in [0, 0.05) is 5.56 Å². The van der Waals surface area contributed by atoms with Crippen LogP contribution in [0.25, 0.3) is 0 Å². The molecule has 1 aromatic carbocycles. The van der Waals surface area contributed by atoms with Crippen molar-refractivity contribution in [3.05, 3.63) is 29.6 Å². The van der Waals surface area contributed by atoms with E-state index in [0.29, 0.717) is 17.7 Å². The first kappa shape index (κ1) is 9.51.